The number of likely N-dealkylation sites (tertiary alicyclic amines) is 1. The normalized spacial score (nSPS) is 34.0. The number of halogens is 3. The standard InChI is InChI=1S/C13H18F3NO4/c14-13(15,16)12(21)5-6-17(7-12)10(18)8-1-3-9(4-2-8)11(19)20/h8-9,21H,1-7H2,(H,19,20). The maximum absolute atomic E-state index is 12.7. The smallest absolute Gasteiger partial charge is 0.419 e. The van der Waals surface area contributed by atoms with Crippen LogP contribution in [0, 0.1) is 11.8 Å². The van der Waals surface area contributed by atoms with Crippen LogP contribution in [0.3, 0.4) is 0 Å². The summed E-state index contributed by atoms with van der Waals surface area (Å²) in [6, 6.07) is 0. The molecule has 1 saturated heterocycles. The van der Waals surface area contributed by atoms with Crippen LogP contribution in [-0.2, 0) is 9.59 Å². The molecule has 2 fully saturated rings. The highest BCUT2D eigenvalue weighted by Gasteiger charge is 2.58. The number of aliphatic carboxylic acids is 1. The Morgan fingerprint density at radius 2 is 1.62 bits per heavy atom. The predicted octanol–water partition coefficient (Wildman–Crippen LogP) is 1.40. The molecule has 2 aliphatic rings. The Labute approximate surface area is 119 Å². The van der Waals surface area contributed by atoms with Gasteiger partial charge in [-0.2, -0.15) is 13.2 Å². The number of hydrogen-bond acceptors (Lipinski definition) is 3. The zero-order valence-electron chi connectivity index (χ0n) is 11.4. The van der Waals surface area contributed by atoms with E-state index in [1.807, 2.05) is 0 Å². The summed E-state index contributed by atoms with van der Waals surface area (Å²) in [6.07, 6.45) is -3.78. The van der Waals surface area contributed by atoms with Gasteiger partial charge in [-0.1, -0.05) is 0 Å². The molecule has 2 N–H and O–H groups in total. The van der Waals surface area contributed by atoms with Gasteiger partial charge in [-0.15, -0.1) is 0 Å². The van der Waals surface area contributed by atoms with Gasteiger partial charge >= 0.3 is 12.1 Å². The number of carbonyl (C=O) groups is 2. The predicted molar refractivity (Wildman–Crippen MR) is 65.3 cm³/mol. The summed E-state index contributed by atoms with van der Waals surface area (Å²) in [7, 11) is 0. The number of nitrogens with zero attached hydrogens (tertiary/aromatic N) is 1. The van der Waals surface area contributed by atoms with Crippen LogP contribution >= 0.6 is 0 Å². The van der Waals surface area contributed by atoms with Crippen molar-refractivity contribution < 1.29 is 33.0 Å². The molecule has 1 unspecified atom stereocenters. The van der Waals surface area contributed by atoms with Crippen molar-refractivity contribution in [3.63, 3.8) is 0 Å². The summed E-state index contributed by atoms with van der Waals surface area (Å²) in [5.41, 5.74) is -2.82. The lowest BCUT2D eigenvalue weighted by Crippen LogP contribution is -2.48. The Kier molecular flexibility index (Phi) is 4.19. The molecule has 0 bridgehead atoms. The van der Waals surface area contributed by atoms with Gasteiger partial charge in [-0.3, -0.25) is 9.59 Å². The third-order valence-electron chi connectivity index (χ3n) is 4.51. The molecule has 1 aliphatic carbocycles. The van der Waals surface area contributed by atoms with Gasteiger partial charge in [-0.25, -0.2) is 0 Å². The van der Waals surface area contributed by atoms with E-state index in [0.717, 1.165) is 4.90 Å². The number of carboxylic acid groups (broad SMARTS) is 1. The van der Waals surface area contributed by atoms with Crippen molar-refractivity contribution in [2.45, 2.75) is 43.9 Å². The van der Waals surface area contributed by atoms with E-state index in [9.17, 15) is 27.9 Å². The van der Waals surface area contributed by atoms with Crippen LogP contribution < -0.4 is 0 Å². The Bertz CT molecular complexity index is 432. The van der Waals surface area contributed by atoms with Gasteiger partial charge in [0.1, 0.15) is 0 Å². The summed E-state index contributed by atoms with van der Waals surface area (Å²) >= 11 is 0. The summed E-state index contributed by atoms with van der Waals surface area (Å²) in [5, 5.41) is 18.4. The Balaban J connectivity index is 1.93. The monoisotopic (exact) mass is 309 g/mol. The first-order chi connectivity index (χ1) is 9.64. The lowest BCUT2D eigenvalue weighted by atomic mass is 9.81. The van der Waals surface area contributed by atoms with E-state index >= 15 is 0 Å². The molecule has 120 valence electrons. The lowest BCUT2D eigenvalue weighted by Gasteiger charge is -2.30. The first-order valence-corrected chi connectivity index (χ1v) is 6.95. The second kappa shape index (κ2) is 5.47. The van der Waals surface area contributed by atoms with Crippen LogP contribution in [0.1, 0.15) is 32.1 Å². The van der Waals surface area contributed by atoms with Crippen LogP contribution in [0.4, 0.5) is 13.2 Å². The van der Waals surface area contributed by atoms with Crippen LogP contribution in [0.25, 0.3) is 0 Å². The van der Waals surface area contributed by atoms with E-state index in [4.69, 9.17) is 5.11 Å². The van der Waals surface area contributed by atoms with Crippen molar-refractivity contribution in [2.24, 2.45) is 11.8 Å². The maximum Gasteiger partial charge on any atom is 0.419 e. The maximum atomic E-state index is 12.7. The molecule has 0 aromatic carbocycles. The lowest BCUT2D eigenvalue weighted by molar-refractivity contribution is -0.253. The minimum Gasteiger partial charge on any atom is -0.481 e. The number of β-amino-alcohol motifs (C(OH)–C–C–N with tert-alkyl or cyclic N) is 1. The van der Waals surface area contributed by atoms with E-state index in [1.54, 1.807) is 0 Å². The number of hydrogen-bond donors (Lipinski definition) is 2. The molecule has 1 saturated carbocycles. The SMILES string of the molecule is O=C(O)C1CCC(C(=O)N2CCC(O)(C(F)(F)F)C2)CC1. The Morgan fingerprint density at radius 1 is 1.10 bits per heavy atom. The van der Waals surface area contributed by atoms with Crippen LogP contribution in [0.2, 0.25) is 0 Å². The number of aliphatic hydroxyl groups is 1. The molecule has 1 heterocycles. The number of carboxylic acids is 1. The molecular formula is C13H18F3NO4. The van der Waals surface area contributed by atoms with Gasteiger partial charge < -0.3 is 15.1 Å². The molecule has 0 aromatic rings. The van der Waals surface area contributed by atoms with Crippen molar-refractivity contribution in [3.05, 3.63) is 0 Å². The second-order valence-corrected chi connectivity index (χ2v) is 5.93. The van der Waals surface area contributed by atoms with Crippen LogP contribution in [0.15, 0.2) is 0 Å². The zero-order valence-corrected chi connectivity index (χ0v) is 11.4. The number of carbonyl (C=O) groups excluding carboxylic acids is 1. The van der Waals surface area contributed by atoms with Gasteiger partial charge in [0.15, 0.2) is 5.60 Å². The van der Waals surface area contributed by atoms with Gasteiger partial charge in [0.25, 0.3) is 0 Å². The Hall–Kier alpha value is -1.31. The third-order valence-corrected chi connectivity index (χ3v) is 4.51. The molecule has 1 amide bonds. The molecule has 0 aromatic heterocycles. The molecule has 0 radical (unpaired) electrons. The zero-order chi connectivity index (χ0) is 15.8. The first kappa shape index (κ1) is 16.1. The number of amides is 1. The molecule has 1 aliphatic heterocycles. The van der Waals surface area contributed by atoms with E-state index < -0.39 is 48.5 Å². The fraction of sp³-hybridized carbons (Fsp3) is 0.846. The molecule has 2 rings (SSSR count). The Morgan fingerprint density at radius 3 is 2.05 bits per heavy atom. The highest BCUT2D eigenvalue weighted by atomic mass is 19.4. The summed E-state index contributed by atoms with van der Waals surface area (Å²) in [6.45, 7) is -0.845. The molecule has 8 heteroatoms. The highest BCUT2D eigenvalue weighted by Crippen LogP contribution is 2.39. The minimum absolute atomic E-state index is 0.117. The van der Waals surface area contributed by atoms with E-state index in [-0.39, 0.29) is 6.54 Å². The van der Waals surface area contributed by atoms with Crippen molar-refractivity contribution >= 4 is 11.9 Å². The molecule has 5 nitrogen and oxygen atoms in total. The van der Waals surface area contributed by atoms with Crippen molar-refractivity contribution in [1.82, 2.24) is 4.90 Å². The van der Waals surface area contributed by atoms with E-state index in [2.05, 4.69) is 0 Å². The quantitative estimate of drug-likeness (QED) is 0.808. The largest absolute Gasteiger partial charge is 0.481 e. The van der Waals surface area contributed by atoms with E-state index in [0.29, 0.717) is 25.7 Å². The first-order valence-electron chi connectivity index (χ1n) is 6.95. The third kappa shape index (κ3) is 3.14. The van der Waals surface area contributed by atoms with Gasteiger partial charge in [-0.05, 0) is 25.7 Å². The van der Waals surface area contributed by atoms with Crippen molar-refractivity contribution in [3.8, 4) is 0 Å². The van der Waals surface area contributed by atoms with Crippen molar-refractivity contribution in [1.29, 1.82) is 0 Å². The van der Waals surface area contributed by atoms with E-state index in [1.165, 1.54) is 0 Å². The fourth-order valence-corrected chi connectivity index (χ4v) is 3.06. The topological polar surface area (TPSA) is 77.8 Å². The second-order valence-electron chi connectivity index (χ2n) is 5.93. The fourth-order valence-electron chi connectivity index (χ4n) is 3.06. The number of alkyl halides is 3. The molecule has 0 spiro atoms. The number of rotatable bonds is 2. The molecular weight excluding hydrogens is 291 g/mol. The molecule has 21 heavy (non-hydrogen) atoms. The average molecular weight is 309 g/mol. The van der Waals surface area contributed by atoms with Gasteiger partial charge in [0.05, 0.1) is 12.5 Å². The van der Waals surface area contributed by atoms with Gasteiger partial charge in [0.2, 0.25) is 5.91 Å². The highest BCUT2D eigenvalue weighted by molar-refractivity contribution is 5.80. The summed E-state index contributed by atoms with van der Waals surface area (Å²) in [5.74, 6) is -2.21. The van der Waals surface area contributed by atoms with Crippen molar-refractivity contribution in [2.75, 3.05) is 13.1 Å². The summed E-state index contributed by atoms with van der Waals surface area (Å²) < 4.78 is 38.1. The minimum atomic E-state index is -4.75. The van der Waals surface area contributed by atoms with Gasteiger partial charge in [0, 0.05) is 18.9 Å². The van der Waals surface area contributed by atoms with Crippen LogP contribution in [-0.4, -0.2) is 51.9 Å². The molecule has 1 atom stereocenters. The van der Waals surface area contributed by atoms with Crippen LogP contribution in [0.5, 0.6) is 0 Å². The average Bonchev–Trinajstić information content (AvgIpc) is 2.81. The summed E-state index contributed by atoms with van der Waals surface area (Å²) in [4.78, 5) is 24.1.